The van der Waals surface area contributed by atoms with E-state index in [9.17, 15) is 0 Å². The van der Waals surface area contributed by atoms with Crippen molar-refractivity contribution in [3.05, 3.63) is 24.5 Å². The Morgan fingerprint density at radius 2 is 2.14 bits per heavy atom. The van der Waals surface area contributed by atoms with E-state index in [1.807, 2.05) is 18.3 Å². The van der Waals surface area contributed by atoms with Crippen LogP contribution in [0.15, 0.2) is 24.5 Å². The molecule has 1 aromatic rings. The molecule has 4 rings (SSSR count). The SMILES string of the molecule is O=CO.c1cncc(O[C@@H]2CC[C@@H]3CN(CC4CC4)C[C@@H]32)c1. The first-order chi connectivity index (χ1) is 10.8. The molecule has 0 spiro atoms. The number of ether oxygens (including phenoxy) is 1. The largest absolute Gasteiger partial charge is 0.488 e. The predicted octanol–water partition coefficient (Wildman–Crippen LogP) is 2.28. The van der Waals surface area contributed by atoms with E-state index in [1.165, 1.54) is 45.3 Å². The maximum Gasteiger partial charge on any atom is 0.290 e. The number of likely N-dealkylation sites (tertiary alicyclic amines) is 1. The molecule has 0 radical (unpaired) electrons. The minimum absolute atomic E-state index is 0.250. The molecule has 3 atom stereocenters. The van der Waals surface area contributed by atoms with Crippen molar-refractivity contribution >= 4 is 6.47 Å². The minimum atomic E-state index is -0.250. The Morgan fingerprint density at radius 3 is 2.82 bits per heavy atom. The Morgan fingerprint density at radius 1 is 1.32 bits per heavy atom. The summed E-state index contributed by atoms with van der Waals surface area (Å²) < 4.78 is 6.17. The Labute approximate surface area is 131 Å². The number of carboxylic acid groups (broad SMARTS) is 1. The molecule has 3 aliphatic rings. The molecule has 120 valence electrons. The van der Waals surface area contributed by atoms with Crippen LogP contribution in [0.5, 0.6) is 5.75 Å². The van der Waals surface area contributed by atoms with Crippen LogP contribution in [0.4, 0.5) is 0 Å². The molecule has 0 aromatic carbocycles. The van der Waals surface area contributed by atoms with E-state index in [-0.39, 0.29) is 6.47 Å². The number of carbonyl (C=O) groups is 1. The summed E-state index contributed by atoms with van der Waals surface area (Å²) in [6.45, 7) is 3.66. The van der Waals surface area contributed by atoms with Gasteiger partial charge in [-0.05, 0) is 49.7 Å². The zero-order valence-electron chi connectivity index (χ0n) is 12.8. The van der Waals surface area contributed by atoms with Crippen LogP contribution in [0, 0.1) is 17.8 Å². The highest BCUT2D eigenvalue weighted by atomic mass is 16.5. The normalized spacial score (nSPS) is 30.3. The van der Waals surface area contributed by atoms with Gasteiger partial charge in [-0.3, -0.25) is 9.78 Å². The number of aromatic nitrogens is 1. The molecule has 0 unspecified atom stereocenters. The summed E-state index contributed by atoms with van der Waals surface area (Å²) in [7, 11) is 0. The maximum absolute atomic E-state index is 8.36. The van der Waals surface area contributed by atoms with Crippen molar-refractivity contribution in [3.8, 4) is 5.75 Å². The molecule has 1 aliphatic heterocycles. The predicted molar refractivity (Wildman–Crippen MR) is 82.7 cm³/mol. The molecule has 3 fully saturated rings. The van der Waals surface area contributed by atoms with Crippen LogP contribution in [-0.2, 0) is 4.79 Å². The van der Waals surface area contributed by atoms with Crippen molar-refractivity contribution in [3.63, 3.8) is 0 Å². The number of hydrogen-bond acceptors (Lipinski definition) is 4. The molecule has 2 aliphatic carbocycles. The average Bonchev–Trinajstić information content (AvgIpc) is 3.12. The van der Waals surface area contributed by atoms with Gasteiger partial charge in [-0.25, -0.2) is 0 Å². The molecular weight excluding hydrogens is 280 g/mol. The van der Waals surface area contributed by atoms with Gasteiger partial charge in [-0.15, -0.1) is 0 Å². The summed E-state index contributed by atoms with van der Waals surface area (Å²) >= 11 is 0. The van der Waals surface area contributed by atoms with Gasteiger partial charge in [0, 0.05) is 31.7 Å². The van der Waals surface area contributed by atoms with Gasteiger partial charge in [0.15, 0.2) is 0 Å². The number of pyridine rings is 1. The average molecular weight is 304 g/mol. The van der Waals surface area contributed by atoms with Crippen molar-refractivity contribution in [2.24, 2.45) is 17.8 Å². The van der Waals surface area contributed by atoms with Crippen LogP contribution in [0.1, 0.15) is 25.7 Å². The van der Waals surface area contributed by atoms with Crippen LogP contribution < -0.4 is 4.74 Å². The third-order valence-electron chi connectivity index (χ3n) is 5.00. The van der Waals surface area contributed by atoms with Crippen molar-refractivity contribution in [2.45, 2.75) is 31.8 Å². The zero-order valence-corrected chi connectivity index (χ0v) is 12.8. The highest BCUT2D eigenvalue weighted by Crippen LogP contribution is 2.41. The Hall–Kier alpha value is -1.62. The fourth-order valence-electron chi connectivity index (χ4n) is 3.86. The van der Waals surface area contributed by atoms with Gasteiger partial charge in [-0.2, -0.15) is 0 Å². The number of fused-ring (bicyclic) bond motifs is 1. The van der Waals surface area contributed by atoms with E-state index >= 15 is 0 Å². The van der Waals surface area contributed by atoms with Gasteiger partial charge in [0.25, 0.3) is 6.47 Å². The smallest absolute Gasteiger partial charge is 0.290 e. The second-order valence-electron chi connectivity index (χ2n) is 6.61. The minimum Gasteiger partial charge on any atom is -0.488 e. The Balaban J connectivity index is 0.000000446. The molecule has 1 aromatic heterocycles. The van der Waals surface area contributed by atoms with Crippen molar-refractivity contribution < 1.29 is 14.6 Å². The summed E-state index contributed by atoms with van der Waals surface area (Å²) in [5.74, 6) is 3.57. The molecular formula is C17H24N2O3. The number of nitrogens with zero attached hydrogens (tertiary/aromatic N) is 2. The van der Waals surface area contributed by atoms with E-state index < -0.39 is 0 Å². The van der Waals surface area contributed by atoms with E-state index in [0.29, 0.717) is 6.10 Å². The molecule has 0 bridgehead atoms. The topological polar surface area (TPSA) is 62.7 Å². The van der Waals surface area contributed by atoms with Crippen LogP contribution in [0.2, 0.25) is 0 Å². The first kappa shape index (κ1) is 15.3. The van der Waals surface area contributed by atoms with Gasteiger partial charge in [-0.1, -0.05) is 0 Å². The lowest BCUT2D eigenvalue weighted by molar-refractivity contribution is -0.122. The lowest BCUT2D eigenvalue weighted by Crippen LogP contribution is -2.29. The van der Waals surface area contributed by atoms with Crippen molar-refractivity contribution in [1.29, 1.82) is 0 Å². The van der Waals surface area contributed by atoms with Crippen LogP contribution >= 0.6 is 0 Å². The van der Waals surface area contributed by atoms with Crippen LogP contribution in [-0.4, -0.2) is 47.2 Å². The van der Waals surface area contributed by atoms with Crippen molar-refractivity contribution in [2.75, 3.05) is 19.6 Å². The summed E-state index contributed by atoms with van der Waals surface area (Å²) in [4.78, 5) is 15.2. The van der Waals surface area contributed by atoms with Gasteiger partial charge >= 0.3 is 0 Å². The van der Waals surface area contributed by atoms with Gasteiger partial charge in [0.2, 0.25) is 0 Å². The first-order valence-electron chi connectivity index (χ1n) is 8.17. The molecule has 5 heteroatoms. The van der Waals surface area contributed by atoms with E-state index in [2.05, 4.69) is 9.88 Å². The third kappa shape index (κ3) is 3.77. The lowest BCUT2D eigenvalue weighted by atomic mass is 9.99. The Kier molecular flexibility index (Phi) is 4.93. The monoisotopic (exact) mass is 304 g/mol. The fourth-order valence-corrected chi connectivity index (χ4v) is 3.86. The summed E-state index contributed by atoms with van der Waals surface area (Å²) in [5, 5.41) is 6.89. The van der Waals surface area contributed by atoms with Gasteiger partial charge in [0.05, 0.1) is 6.20 Å². The fraction of sp³-hybridized carbons (Fsp3) is 0.647. The highest BCUT2D eigenvalue weighted by molar-refractivity contribution is 5.32. The second-order valence-corrected chi connectivity index (χ2v) is 6.61. The van der Waals surface area contributed by atoms with Crippen LogP contribution in [0.25, 0.3) is 0 Å². The summed E-state index contributed by atoms with van der Waals surface area (Å²) in [5.41, 5.74) is 0. The van der Waals surface area contributed by atoms with Crippen LogP contribution in [0.3, 0.4) is 0 Å². The summed E-state index contributed by atoms with van der Waals surface area (Å²) in [6.07, 6.45) is 9.54. The number of hydrogen-bond donors (Lipinski definition) is 1. The molecule has 0 amide bonds. The van der Waals surface area contributed by atoms with E-state index in [1.54, 1.807) is 6.20 Å². The molecule has 2 heterocycles. The van der Waals surface area contributed by atoms with Gasteiger partial charge < -0.3 is 14.7 Å². The standard InChI is InChI=1S/C16H22N2O.CH2O2/c1-2-14(8-17-7-1)19-16-6-5-13-10-18(11-15(13)16)9-12-3-4-12;2-1-3/h1-2,7-8,12-13,15-16H,3-6,9-11H2;1H,(H,2,3)/t13-,15+,16-;/m1./s1. The third-order valence-corrected chi connectivity index (χ3v) is 5.00. The zero-order chi connectivity index (χ0) is 15.4. The van der Waals surface area contributed by atoms with E-state index in [4.69, 9.17) is 14.6 Å². The van der Waals surface area contributed by atoms with Crippen molar-refractivity contribution in [1.82, 2.24) is 9.88 Å². The summed E-state index contributed by atoms with van der Waals surface area (Å²) in [6, 6.07) is 3.98. The number of rotatable bonds is 4. The molecule has 5 nitrogen and oxygen atoms in total. The maximum atomic E-state index is 8.36. The molecule has 22 heavy (non-hydrogen) atoms. The molecule has 1 N–H and O–H groups in total. The highest BCUT2D eigenvalue weighted by Gasteiger charge is 2.44. The second kappa shape index (κ2) is 7.09. The molecule has 1 saturated heterocycles. The Bertz CT molecular complexity index is 478. The first-order valence-corrected chi connectivity index (χ1v) is 8.17. The van der Waals surface area contributed by atoms with Gasteiger partial charge in [0.1, 0.15) is 11.9 Å². The molecule has 2 saturated carbocycles. The van der Waals surface area contributed by atoms with E-state index in [0.717, 1.165) is 23.5 Å². The quantitative estimate of drug-likeness (QED) is 0.865. The lowest BCUT2D eigenvalue weighted by Gasteiger charge is -2.21.